The number of benzene rings is 1. The van der Waals surface area contributed by atoms with Crippen LogP contribution < -0.4 is 4.90 Å². The van der Waals surface area contributed by atoms with Gasteiger partial charge in [-0.1, -0.05) is 42.5 Å². The molecule has 5 rings (SSSR count). The van der Waals surface area contributed by atoms with Gasteiger partial charge in [-0.3, -0.25) is 9.88 Å². The fraction of sp³-hybridized carbons (Fsp3) is 0.167. The largest absolute Gasteiger partial charge is 0.328 e. The van der Waals surface area contributed by atoms with Crippen molar-refractivity contribution < 1.29 is 0 Å². The molecule has 2 aliphatic rings. The first-order valence-corrected chi connectivity index (χ1v) is 9.66. The van der Waals surface area contributed by atoms with Crippen molar-refractivity contribution in [2.24, 2.45) is 0 Å². The number of hydrogen-bond acceptors (Lipinski definition) is 4. The van der Waals surface area contributed by atoms with Gasteiger partial charge >= 0.3 is 0 Å². The normalized spacial score (nSPS) is 16.1. The summed E-state index contributed by atoms with van der Waals surface area (Å²) in [4.78, 5) is 13.9. The quantitative estimate of drug-likeness (QED) is 0.690. The van der Waals surface area contributed by atoms with E-state index in [4.69, 9.17) is 4.98 Å². The van der Waals surface area contributed by atoms with Gasteiger partial charge in [-0.2, -0.15) is 0 Å². The molecule has 0 bridgehead atoms. The van der Waals surface area contributed by atoms with Gasteiger partial charge in [0.05, 0.1) is 5.69 Å². The van der Waals surface area contributed by atoms with Crippen LogP contribution >= 0.6 is 0 Å². The molecule has 0 spiro atoms. The van der Waals surface area contributed by atoms with E-state index < -0.39 is 0 Å². The minimum Gasteiger partial charge on any atom is -0.328 e. The first kappa shape index (κ1) is 16.9. The smallest absolute Gasteiger partial charge is 0.140 e. The lowest BCUT2D eigenvalue weighted by Gasteiger charge is -2.35. The van der Waals surface area contributed by atoms with E-state index >= 15 is 0 Å². The van der Waals surface area contributed by atoms with E-state index in [2.05, 4.69) is 75.6 Å². The highest BCUT2D eigenvalue weighted by atomic mass is 15.2. The molecule has 28 heavy (non-hydrogen) atoms. The minimum atomic E-state index is 0.821. The van der Waals surface area contributed by atoms with Crippen molar-refractivity contribution in [2.45, 2.75) is 13.1 Å². The molecule has 0 fully saturated rings. The number of fused-ring (bicyclic) bond motifs is 3. The zero-order valence-corrected chi connectivity index (χ0v) is 15.7. The summed E-state index contributed by atoms with van der Waals surface area (Å²) in [5.41, 5.74) is 6.29. The fourth-order valence-corrected chi connectivity index (χ4v) is 3.96. The standard InChI is InChI=1S/C24H22N4/c1-2-7-19(8-3-1)15-28-17-20-16-27(18-21-9-4-5-12-25-21)14-11-22(20)23-10-6-13-26-24(23)28/h1-13,17H,14-16,18H2. The summed E-state index contributed by atoms with van der Waals surface area (Å²) in [6, 6.07) is 20.9. The van der Waals surface area contributed by atoms with Crippen molar-refractivity contribution >= 4 is 11.4 Å². The van der Waals surface area contributed by atoms with E-state index in [1.54, 1.807) is 0 Å². The first-order chi connectivity index (χ1) is 13.9. The second kappa shape index (κ2) is 7.41. The van der Waals surface area contributed by atoms with E-state index in [1.807, 2.05) is 24.5 Å². The predicted octanol–water partition coefficient (Wildman–Crippen LogP) is 4.28. The van der Waals surface area contributed by atoms with Crippen molar-refractivity contribution in [3.8, 4) is 0 Å². The molecule has 138 valence electrons. The zero-order chi connectivity index (χ0) is 18.8. The minimum absolute atomic E-state index is 0.821. The van der Waals surface area contributed by atoms with Gasteiger partial charge in [0.25, 0.3) is 0 Å². The molecule has 0 N–H and O–H groups in total. The number of hydrogen-bond donors (Lipinski definition) is 0. The average Bonchev–Trinajstić information content (AvgIpc) is 2.75. The molecule has 0 radical (unpaired) electrons. The molecular weight excluding hydrogens is 344 g/mol. The maximum absolute atomic E-state index is 4.69. The van der Waals surface area contributed by atoms with Gasteiger partial charge in [-0.05, 0) is 41.0 Å². The Kier molecular flexibility index (Phi) is 4.47. The molecule has 0 atom stereocenters. The molecule has 0 amide bonds. The molecule has 4 nitrogen and oxygen atoms in total. The van der Waals surface area contributed by atoms with Gasteiger partial charge in [-0.25, -0.2) is 4.98 Å². The Bertz CT molecular complexity index is 1020. The van der Waals surface area contributed by atoms with Gasteiger partial charge in [0.2, 0.25) is 0 Å². The first-order valence-electron chi connectivity index (χ1n) is 9.66. The molecule has 0 saturated carbocycles. The molecule has 4 heteroatoms. The molecule has 0 aliphatic carbocycles. The van der Waals surface area contributed by atoms with Crippen LogP contribution in [0.3, 0.4) is 0 Å². The van der Waals surface area contributed by atoms with E-state index in [1.165, 1.54) is 22.3 Å². The Hall–Kier alpha value is -3.24. The van der Waals surface area contributed by atoms with Crippen molar-refractivity contribution in [1.29, 1.82) is 0 Å². The van der Waals surface area contributed by atoms with Crippen LogP contribution in [0.4, 0.5) is 5.82 Å². The van der Waals surface area contributed by atoms with Gasteiger partial charge in [-0.15, -0.1) is 0 Å². The highest BCUT2D eigenvalue weighted by molar-refractivity contribution is 5.89. The maximum atomic E-state index is 4.69. The van der Waals surface area contributed by atoms with Gasteiger partial charge < -0.3 is 4.90 Å². The zero-order valence-electron chi connectivity index (χ0n) is 15.7. The summed E-state index contributed by atoms with van der Waals surface area (Å²) in [6.45, 7) is 3.53. The van der Waals surface area contributed by atoms with E-state index in [0.717, 1.165) is 37.7 Å². The van der Waals surface area contributed by atoms with Crippen LogP contribution in [-0.2, 0) is 13.1 Å². The van der Waals surface area contributed by atoms with Crippen molar-refractivity contribution in [3.05, 3.63) is 108 Å². The fourth-order valence-electron chi connectivity index (χ4n) is 3.96. The molecule has 2 aromatic heterocycles. The van der Waals surface area contributed by atoms with Crippen LogP contribution in [-0.4, -0.2) is 28.0 Å². The Morgan fingerprint density at radius 1 is 0.821 bits per heavy atom. The third-order valence-electron chi connectivity index (χ3n) is 5.26. The second-order valence-corrected chi connectivity index (χ2v) is 7.25. The Labute approximate surface area is 165 Å². The van der Waals surface area contributed by atoms with E-state index in [-0.39, 0.29) is 0 Å². The maximum Gasteiger partial charge on any atom is 0.140 e. The van der Waals surface area contributed by atoms with Crippen LogP contribution in [0.1, 0.15) is 16.8 Å². The van der Waals surface area contributed by atoms with Crippen LogP contribution in [0, 0.1) is 0 Å². The topological polar surface area (TPSA) is 32.3 Å². The lowest BCUT2D eigenvalue weighted by atomic mass is 9.92. The summed E-state index contributed by atoms with van der Waals surface area (Å²) >= 11 is 0. The molecule has 2 aliphatic heterocycles. The van der Waals surface area contributed by atoms with E-state index in [9.17, 15) is 0 Å². The monoisotopic (exact) mass is 366 g/mol. The second-order valence-electron chi connectivity index (χ2n) is 7.25. The SMILES string of the molecule is C1=C2CN(Cc3ccccn3)CC=C2c2cccnc2N1Cc1ccccc1. The predicted molar refractivity (Wildman–Crippen MR) is 112 cm³/mol. The number of aromatic nitrogens is 2. The Balaban J connectivity index is 1.45. The lowest BCUT2D eigenvalue weighted by Crippen LogP contribution is -2.33. The molecule has 0 unspecified atom stereocenters. The van der Waals surface area contributed by atoms with Crippen molar-refractivity contribution in [1.82, 2.24) is 14.9 Å². The summed E-state index contributed by atoms with van der Waals surface area (Å²) in [5, 5.41) is 0. The van der Waals surface area contributed by atoms with Gasteiger partial charge in [0, 0.05) is 50.3 Å². The van der Waals surface area contributed by atoms with Crippen LogP contribution in [0.5, 0.6) is 0 Å². The molecule has 4 heterocycles. The van der Waals surface area contributed by atoms with Crippen molar-refractivity contribution in [2.75, 3.05) is 18.0 Å². The average molecular weight is 366 g/mol. The van der Waals surface area contributed by atoms with Crippen molar-refractivity contribution in [3.63, 3.8) is 0 Å². The Morgan fingerprint density at radius 2 is 1.68 bits per heavy atom. The molecule has 1 aromatic carbocycles. The Morgan fingerprint density at radius 3 is 2.54 bits per heavy atom. The number of rotatable bonds is 4. The van der Waals surface area contributed by atoms with E-state index in [0.29, 0.717) is 0 Å². The molecule has 0 saturated heterocycles. The summed E-state index contributed by atoms with van der Waals surface area (Å²) in [6.07, 6.45) is 8.35. The number of nitrogens with zero attached hydrogens (tertiary/aromatic N) is 4. The summed E-state index contributed by atoms with van der Waals surface area (Å²) < 4.78 is 0. The van der Waals surface area contributed by atoms with Crippen LogP contribution in [0.2, 0.25) is 0 Å². The molecule has 3 aromatic rings. The van der Waals surface area contributed by atoms with Gasteiger partial charge in [0.1, 0.15) is 5.82 Å². The lowest BCUT2D eigenvalue weighted by molar-refractivity contribution is 0.313. The summed E-state index contributed by atoms with van der Waals surface area (Å²) in [7, 11) is 0. The number of anilines is 1. The van der Waals surface area contributed by atoms with Crippen LogP contribution in [0.15, 0.2) is 90.9 Å². The third-order valence-corrected chi connectivity index (χ3v) is 5.26. The summed E-state index contributed by atoms with van der Waals surface area (Å²) in [5.74, 6) is 1.04. The molecular formula is C24H22N4. The van der Waals surface area contributed by atoms with Crippen LogP contribution in [0.25, 0.3) is 5.57 Å². The highest BCUT2D eigenvalue weighted by Gasteiger charge is 2.27. The highest BCUT2D eigenvalue weighted by Crippen LogP contribution is 2.38. The van der Waals surface area contributed by atoms with Gasteiger partial charge in [0.15, 0.2) is 0 Å². The third kappa shape index (κ3) is 3.35. The number of pyridine rings is 2.